The highest BCUT2D eigenvalue weighted by atomic mass is 16.8. The zero-order valence-corrected chi connectivity index (χ0v) is 15.8. The van der Waals surface area contributed by atoms with E-state index < -0.39 is 0 Å². The van der Waals surface area contributed by atoms with Crippen molar-refractivity contribution in [3.8, 4) is 0 Å². The van der Waals surface area contributed by atoms with Gasteiger partial charge in [0.2, 0.25) is 0 Å². The number of rotatable bonds is 3. The lowest BCUT2D eigenvalue weighted by Crippen LogP contribution is -2.41. The van der Waals surface area contributed by atoms with Gasteiger partial charge in [-0.1, -0.05) is 19.8 Å². The van der Waals surface area contributed by atoms with E-state index in [-0.39, 0.29) is 29.2 Å². The van der Waals surface area contributed by atoms with Crippen molar-refractivity contribution in [2.45, 2.75) is 108 Å². The van der Waals surface area contributed by atoms with Crippen LogP contribution in [0.5, 0.6) is 0 Å². The van der Waals surface area contributed by atoms with Crippen molar-refractivity contribution in [3.63, 3.8) is 0 Å². The molecule has 3 saturated carbocycles. The van der Waals surface area contributed by atoms with Gasteiger partial charge < -0.3 is 18.9 Å². The average Bonchev–Trinajstić information content (AvgIpc) is 3.22. The second kappa shape index (κ2) is 6.19. The van der Waals surface area contributed by atoms with Crippen LogP contribution in [0.15, 0.2) is 0 Å². The van der Waals surface area contributed by atoms with E-state index in [1.165, 1.54) is 51.4 Å². The highest BCUT2D eigenvalue weighted by molar-refractivity contribution is 5.08. The Labute approximate surface area is 151 Å². The van der Waals surface area contributed by atoms with E-state index >= 15 is 0 Å². The van der Waals surface area contributed by atoms with Crippen molar-refractivity contribution in [2.75, 3.05) is 13.2 Å². The van der Waals surface area contributed by atoms with Gasteiger partial charge in [0.25, 0.3) is 0 Å². The van der Waals surface area contributed by atoms with E-state index in [1.54, 1.807) is 0 Å². The van der Waals surface area contributed by atoms with Crippen molar-refractivity contribution >= 4 is 0 Å². The molecule has 4 nitrogen and oxygen atoms in total. The molecule has 5 fully saturated rings. The smallest absolute Gasteiger partial charge is 0.168 e. The van der Waals surface area contributed by atoms with Gasteiger partial charge >= 0.3 is 0 Å². The highest BCUT2D eigenvalue weighted by Gasteiger charge is 2.62. The Kier molecular flexibility index (Phi) is 4.20. The van der Waals surface area contributed by atoms with Crippen LogP contribution in [0.3, 0.4) is 0 Å². The fraction of sp³-hybridized carbons (Fsp3) is 1.00. The topological polar surface area (TPSA) is 36.9 Å². The third kappa shape index (κ3) is 2.88. The van der Waals surface area contributed by atoms with Gasteiger partial charge in [0, 0.05) is 31.1 Å². The first-order valence-corrected chi connectivity index (χ1v) is 10.8. The molecule has 2 aliphatic heterocycles. The monoisotopic (exact) mass is 350 g/mol. The van der Waals surface area contributed by atoms with E-state index in [2.05, 4.69) is 6.92 Å². The summed E-state index contributed by atoms with van der Waals surface area (Å²) in [5, 5.41) is 0. The van der Waals surface area contributed by atoms with Gasteiger partial charge in [-0.05, 0) is 44.4 Å². The fourth-order valence-corrected chi connectivity index (χ4v) is 5.95. The maximum atomic E-state index is 6.62. The lowest BCUT2D eigenvalue weighted by Gasteiger charge is -2.36. The van der Waals surface area contributed by atoms with Crippen LogP contribution in [0.1, 0.15) is 84.0 Å². The third-order valence-electron chi connectivity index (χ3n) is 7.90. The minimum atomic E-state index is -0.259. The molecule has 0 bridgehead atoms. The number of ether oxygens (including phenoxy) is 4. The van der Waals surface area contributed by atoms with Gasteiger partial charge in [-0.15, -0.1) is 0 Å². The maximum absolute atomic E-state index is 6.62. The Morgan fingerprint density at radius 2 is 1.24 bits per heavy atom. The van der Waals surface area contributed by atoms with Crippen LogP contribution in [0.4, 0.5) is 0 Å². The lowest BCUT2D eigenvalue weighted by atomic mass is 9.81. The standard InChI is InChI=1S/C21H34O4/c1-16(17-14-22-20(24-17)8-4-2-5-9-20)19(12-13-19)18-15-23-21(25-18)10-6-3-7-11-21/h16-18H,2-15H2,1H3/t16-,17-,18-/m1/s1. The van der Waals surface area contributed by atoms with Crippen molar-refractivity contribution in [2.24, 2.45) is 11.3 Å². The molecule has 25 heavy (non-hydrogen) atoms. The molecule has 3 atom stereocenters. The minimum absolute atomic E-state index is 0.229. The molecule has 5 aliphatic rings. The predicted octanol–water partition coefficient (Wildman–Crippen LogP) is 4.55. The van der Waals surface area contributed by atoms with Crippen LogP contribution in [0, 0.1) is 11.3 Å². The molecular weight excluding hydrogens is 316 g/mol. The second-order valence-electron chi connectivity index (χ2n) is 9.35. The Hall–Kier alpha value is -0.160. The van der Waals surface area contributed by atoms with E-state index in [0.717, 1.165) is 38.9 Å². The molecule has 2 spiro atoms. The second-order valence-corrected chi connectivity index (χ2v) is 9.35. The zero-order chi connectivity index (χ0) is 17.0. The van der Waals surface area contributed by atoms with Crippen molar-refractivity contribution < 1.29 is 18.9 Å². The molecule has 142 valence electrons. The van der Waals surface area contributed by atoms with Crippen LogP contribution in [-0.4, -0.2) is 37.0 Å². The predicted molar refractivity (Wildman–Crippen MR) is 94.1 cm³/mol. The molecule has 0 unspecified atom stereocenters. The third-order valence-corrected chi connectivity index (χ3v) is 7.90. The number of hydrogen-bond acceptors (Lipinski definition) is 4. The van der Waals surface area contributed by atoms with E-state index in [4.69, 9.17) is 18.9 Å². The summed E-state index contributed by atoms with van der Waals surface area (Å²) in [6.07, 6.45) is 15.0. The SMILES string of the molecule is C[C@H]([C@H]1COC2(CCCCC2)O1)C1([C@H]2COC3(CCCCC3)O2)CC1. The van der Waals surface area contributed by atoms with Gasteiger partial charge in [0.05, 0.1) is 25.4 Å². The molecule has 0 aromatic carbocycles. The Bertz CT molecular complexity index is 488. The van der Waals surface area contributed by atoms with E-state index in [1.807, 2.05) is 0 Å². The minimum Gasteiger partial charge on any atom is -0.347 e. The first-order chi connectivity index (χ1) is 12.2. The summed E-state index contributed by atoms with van der Waals surface area (Å²) in [7, 11) is 0. The molecule has 0 aromatic rings. The molecule has 4 heteroatoms. The van der Waals surface area contributed by atoms with Gasteiger partial charge in [-0.25, -0.2) is 0 Å². The van der Waals surface area contributed by atoms with Crippen molar-refractivity contribution in [1.29, 1.82) is 0 Å². The summed E-state index contributed by atoms with van der Waals surface area (Å²) in [5.41, 5.74) is 0.259. The first-order valence-electron chi connectivity index (χ1n) is 10.8. The molecule has 0 N–H and O–H groups in total. The number of hydrogen-bond donors (Lipinski definition) is 0. The van der Waals surface area contributed by atoms with Crippen molar-refractivity contribution in [3.05, 3.63) is 0 Å². The molecule has 3 aliphatic carbocycles. The fourth-order valence-electron chi connectivity index (χ4n) is 5.95. The quantitative estimate of drug-likeness (QED) is 0.748. The normalized spacial score (nSPS) is 39.7. The first kappa shape index (κ1) is 17.0. The lowest BCUT2D eigenvalue weighted by molar-refractivity contribution is -0.205. The summed E-state index contributed by atoms with van der Waals surface area (Å²) < 4.78 is 25.6. The van der Waals surface area contributed by atoms with Crippen LogP contribution in [-0.2, 0) is 18.9 Å². The van der Waals surface area contributed by atoms with Crippen LogP contribution < -0.4 is 0 Å². The largest absolute Gasteiger partial charge is 0.347 e. The van der Waals surface area contributed by atoms with Crippen LogP contribution >= 0.6 is 0 Å². The van der Waals surface area contributed by atoms with Crippen LogP contribution in [0.2, 0.25) is 0 Å². The molecule has 0 radical (unpaired) electrons. The van der Waals surface area contributed by atoms with Crippen molar-refractivity contribution in [1.82, 2.24) is 0 Å². The molecular formula is C21H34O4. The van der Waals surface area contributed by atoms with Gasteiger partial charge in [-0.2, -0.15) is 0 Å². The molecule has 5 rings (SSSR count). The van der Waals surface area contributed by atoms with Gasteiger partial charge in [-0.3, -0.25) is 0 Å². The summed E-state index contributed by atoms with van der Waals surface area (Å²) in [6, 6.07) is 0. The molecule has 2 heterocycles. The summed E-state index contributed by atoms with van der Waals surface area (Å²) in [4.78, 5) is 0. The zero-order valence-electron chi connectivity index (χ0n) is 15.8. The Balaban J connectivity index is 1.25. The van der Waals surface area contributed by atoms with Crippen LogP contribution in [0.25, 0.3) is 0 Å². The molecule has 0 amide bonds. The summed E-state index contributed by atoms with van der Waals surface area (Å²) in [6.45, 7) is 3.92. The van der Waals surface area contributed by atoms with Gasteiger partial charge in [0.1, 0.15) is 0 Å². The van der Waals surface area contributed by atoms with E-state index in [0.29, 0.717) is 5.92 Å². The maximum Gasteiger partial charge on any atom is 0.168 e. The summed E-state index contributed by atoms with van der Waals surface area (Å²) >= 11 is 0. The van der Waals surface area contributed by atoms with Gasteiger partial charge in [0.15, 0.2) is 11.6 Å². The molecule has 0 aromatic heterocycles. The highest BCUT2D eigenvalue weighted by Crippen LogP contribution is 2.61. The Morgan fingerprint density at radius 1 is 0.680 bits per heavy atom. The average molecular weight is 350 g/mol. The summed E-state index contributed by atoms with van der Waals surface area (Å²) in [5.74, 6) is -0.0260. The molecule has 2 saturated heterocycles. The Morgan fingerprint density at radius 3 is 1.84 bits per heavy atom. The van der Waals surface area contributed by atoms with E-state index in [9.17, 15) is 0 Å².